The van der Waals surface area contributed by atoms with Gasteiger partial charge in [-0.25, -0.2) is 0 Å². The van der Waals surface area contributed by atoms with E-state index in [0.717, 1.165) is 18.7 Å². The second kappa shape index (κ2) is 5.28. The summed E-state index contributed by atoms with van der Waals surface area (Å²) in [6.07, 6.45) is 4.36. The Morgan fingerprint density at radius 2 is 2.07 bits per heavy atom. The molecule has 2 rings (SSSR count). The summed E-state index contributed by atoms with van der Waals surface area (Å²) in [7, 11) is 0. The van der Waals surface area contributed by atoms with Gasteiger partial charge in [-0.1, -0.05) is 6.92 Å². The van der Waals surface area contributed by atoms with E-state index in [1.54, 1.807) is 0 Å². The summed E-state index contributed by atoms with van der Waals surface area (Å²) in [5.41, 5.74) is 0. The highest BCUT2D eigenvalue weighted by molar-refractivity contribution is 4.92. The maximum absolute atomic E-state index is 5.62. The zero-order chi connectivity index (χ0) is 10.7. The Labute approximate surface area is 93.2 Å². The highest BCUT2D eigenvalue weighted by atomic mass is 16.5. The van der Waals surface area contributed by atoms with Gasteiger partial charge in [0.2, 0.25) is 0 Å². The first kappa shape index (κ1) is 11.4. The Morgan fingerprint density at radius 1 is 1.27 bits per heavy atom. The lowest BCUT2D eigenvalue weighted by atomic mass is 9.86. The van der Waals surface area contributed by atoms with Crippen LogP contribution in [0.2, 0.25) is 0 Å². The third-order valence-corrected chi connectivity index (χ3v) is 3.81. The van der Waals surface area contributed by atoms with Crippen LogP contribution < -0.4 is 5.32 Å². The molecule has 1 saturated carbocycles. The molecule has 1 atom stereocenters. The van der Waals surface area contributed by atoms with Crippen molar-refractivity contribution in [1.29, 1.82) is 0 Å². The maximum atomic E-state index is 5.62. The average Bonchev–Trinajstić information content (AvgIpc) is 2.68. The monoisotopic (exact) mass is 212 g/mol. The Kier molecular flexibility index (Phi) is 4.00. The zero-order valence-corrected chi connectivity index (χ0v) is 10.0. The molecule has 88 valence electrons. The van der Waals surface area contributed by atoms with Crippen LogP contribution in [0.15, 0.2) is 0 Å². The van der Waals surface area contributed by atoms with Gasteiger partial charge in [0.05, 0.1) is 6.10 Å². The van der Waals surface area contributed by atoms with Gasteiger partial charge in [-0.05, 0) is 39.3 Å². The van der Waals surface area contributed by atoms with Crippen LogP contribution >= 0.6 is 0 Å². The van der Waals surface area contributed by atoms with Crippen LogP contribution in [0.3, 0.4) is 0 Å². The third-order valence-electron chi connectivity index (χ3n) is 3.81. The van der Waals surface area contributed by atoms with Gasteiger partial charge in [0.25, 0.3) is 0 Å². The largest absolute Gasteiger partial charge is 0.378 e. The lowest BCUT2D eigenvalue weighted by Crippen LogP contribution is -2.52. The van der Waals surface area contributed by atoms with E-state index in [1.165, 1.54) is 38.9 Å². The number of nitrogens with zero attached hydrogens (tertiary/aromatic N) is 1. The SMILES string of the molecule is CCOC1CC(N(CC)C2CCNC2)C1. The molecule has 0 aromatic heterocycles. The van der Waals surface area contributed by atoms with Crippen LogP contribution in [0.4, 0.5) is 0 Å². The quantitative estimate of drug-likeness (QED) is 0.742. The van der Waals surface area contributed by atoms with Crippen LogP contribution in [0.5, 0.6) is 0 Å². The summed E-state index contributed by atoms with van der Waals surface area (Å²) >= 11 is 0. The van der Waals surface area contributed by atoms with Crippen molar-refractivity contribution < 1.29 is 4.74 Å². The molecule has 3 heteroatoms. The Balaban J connectivity index is 1.76. The van der Waals surface area contributed by atoms with E-state index in [-0.39, 0.29) is 0 Å². The van der Waals surface area contributed by atoms with Gasteiger partial charge >= 0.3 is 0 Å². The van der Waals surface area contributed by atoms with Crippen LogP contribution in [0.25, 0.3) is 0 Å². The van der Waals surface area contributed by atoms with E-state index in [2.05, 4.69) is 24.1 Å². The summed E-state index contributed by atoms with van der Waals surface area (Å²) in [6.45, 7) is 8.81. The molecule has 0 bridgehead atoms. The smallest absolute Gasteiger partial charge is 0.0604 e. The molecule has 0 aromatic rings. The zero-order valence-electron chi connectivity index (χ0n) is 10.0. The van der Waals surface area contributed by atoms with Gasteiger partial charge < -0.3 is 10.1 Å². The molecule has 1 heterocycles. The van der Waals surface area contributed by atoms with Gasteiger partial charge in [-0.2, -0.15) is 0 Å². The van der Waals surface area contributed by atoms with Crippen molar-refractivity contribution in [3.8, 4) is 0 Å². The molecule has 0 aromatic carbocycles. The van der Waals surface area contributed by atoms with Crippen molar-refractivity contribution in [2.75, 3.05) is 26.2 Å². The first-order chi connectivity index (χ1) is 7.35. The lowest BCUT2D eigenvalue weighted by Gasteiger charge is -2.44. The molecule has 0 amide bonds. The standard InChI is InChI=1S/C12H24N2O/c1-3-14(10-5-6-13-9-10)11-7-12(8-11)15-4-2/h10-13H,3-9H2,1-2H3. The van der Waals surface area contributed by atoms with Crippen molar-refractivity contribution >= 4 is 0 Å². The molecule has 0 spiro atoms. The second-order valence-electron chi connectivity index (χ2n) is 4.68. The minimum Gasteiger partial charge on any atom is -0.378 e. The molecule has 0 radical (unpaired) electrons. The number of hydrogen-bond donors (Lipinski definition) is 1. The minimum atomic E-state index is 0.545. The van der Waals surface area contributed by atoms with E-state index in [1.807, 2.05) is 0 Å². The van der Waals surface area contributed by atoms with Crippen molar-refractivity contribution in [1.82, 2.24) is 10.2 Å². The van der Waals surface area contributed by atoms with E-state index >= 15 is 0 Å². The van der Waals surface area contributed by atoms with Gasteiger partial charge in [0.15, 0.2) is 0 Å². The van der Waals surface area contributed by atoms with Crippen LogP contribution in [-0.4, -0.2) is 49.3 Å². The van der Waals surface area contributed by atoms with E-state index < -0.39 is 0 Å². The van der Waals surface area contributed by atoms with Gasteiger partial charge in [-0.3, -0.25) is 4.90 Å². The fraction of sp³-hybridized carbons (Fsp3) is 1.00. The van der Waals surface area contributed by atoms with Gasteiger partial charge in [0.1, 0.15) is 0 Å². The normalized spacial score (nSPS) is 35.8. The van der Waals surface area contributed by atoms with Crippen LogP contribution in [0.1, 0.15) is 33.1 Å². The molecule has 1 aliphatic carbocycles. The van der Waals surface area contributed by atoms with Crippen molar-refractivity contribution in [3.05, 3.63) is 0 Å². The van der Waals surface area contributed by atoms with Crippen LogP contribution in [0, 0.1) is 0 Å². The predicted octanol–water partition coefficient (Wildman–Crippen LogP) is 1.24. The van der Waals surface area contributed by atoms with Crippen molar-refractivity contribution in [2.24, 2.45) is 0 Å². The summed E-state index contributed by atoms with van der Waals surface area (Å²) in [5.74, 6) is 0. The molecule has 2 fully saturated rings. The number of ether oxygens (including phenoxy) is 1. The number of rotatable bonds is 5. The highest BCUT2D eigenvalue weighted by Crippen LogP contribution is 2.30. The first-order valence-corrected chi connectivity index (χ1v) is 6.43. The molecule has 15 heavy (non-hydrogen) atoms. The summed E-state index contributed by atoms with van der Waals surface area (Å²) in [4.78, 5) is 2.68. The molecular formula is C12H24N2O. The Bertz CT molecular complexity index is 186. The molecule has 3 nitrogen and oxygen atoms in total. The molecule has 1 aliphatic heterocycles. The van der Waals surface area contributed by atoms with E-state index in [4.69, 9.17) is 4.74 Å². The van der Waals surface area contributed by atoms with Gasteiger partial charge in [0, 0.05) is 25.2 Å². The average molecular weight is 212 g/mol. The first-order valence-electron chi connectivity index (χ1n) is 6.43. The van der Waals surface area contributed by atoms with Crippen molar-refractivity contribution in [2.45, 2.75) is 51.3 Å². The summed E-state index contributed by atoms with van der Waals surface area (Å²) in [5, 5.41) is 3.45. The fourth-order valence-corrected chi connectivity index (χ4v) is 2.92. The molecular weight excluding hydrogens is 188 g/mol. The summed E-state index contributed by atoms with van der Waals surface area (Å²) in [6, 6.07) is 1.57. The van der Waals surface area contributed by atoms with Gasteiger partial charge in [-0.15, -0.1) is 0 Å². The number of hydrogen-bond acceptors (Lipinski definition) is 3. The molecule has 1 saturated heterocycles. The predicted molar refractivity (Wildman–Crippen MR) is 62.1 cm³/mol. The Morgan fingerprint density at radius 3 is 2.60 bits per heavy atom. The van der Waals surface area contributed by atoms with E-state index in [0.29, 0.717) is 6.10 Å². The minimum absolute atomic E-state index is 0.545. The fourth-order valence-electron chi connectivity index (χ4n) is 2.92. The number of likely N-dealkylation sites (N-methyl/N-ethyl adjacent to an activating group) is 1. The van der Waals surface area contributed by atoms with Crippen LogP contribution in [-0.2, 0) is 4.74 Å². The maximum Gasteiger partial charge on any atom is 0.0604 e. The molecule has 1 unspecified atom stereocenters. The topological polar surface area (TPSA) is 24.5 Å². The second-order valence-corrected chi connectivity index (χ2v) is 4.68. The summed E-state index contributed by atoms with van der Waals surface area (Å²) < 4.78 is 5.62. The molecule has 2 aliphatic rings. The third kappa shape index (κ3) is 2.52. The van der Waals surface area contributed by atoms with E-state index in [9.17, 15) is 0 Å². The number of nitrogens with one attached hydrogen (secondary N) is 1. The van der Waals surface area contributed by atoms with Crippen molar-refractivity contribution in [3.63, 3.8) is 0 Å². The highest BCUT2D eigenvalue weighted by Gasteiger charge is 2.37. The Hall–Kier alpha value is -0.120. The lowest BCUT2D eigenvalue weighted by molar-refractivity contribution is -0.0541. The molecule has 1 N–H and O–H groups in total.